The van der Waals surface area contributed by atoms with E-state index in [4.69, 9.17) is 0 Å². The molecule has 1 N–H and O–H groups in total. The molecule has 1 saturated carbocycles. The maximum Gasteiger partial charge on any atom is 0.0205 e. The highest BCUT2D eigenvalue weighted by Gasteiger charge is 2.22. The molecule has 0 amide bonds. The van der Waals surface area contributed by atoms with Crippen molar-refractivity contribution in [2.45, 2.75) is 32.7 Å². The van der Waals surface area contributed by atoms with Crippen LogP contribution in [0.3, 0.4) is 0 Å². The molecule has 2 unspecified atom stereocenters. The minimum Gasteiger partial charge on any atom is -0.312 e. The molecule has 0 bridgehead atoms. The Labute approximate surface area is 128 Å². The van der Waals surface area contributed by atoms with Crippen molar-refractivity contribution in [3.63, 3.8) is 0 Å². The van der Waals surface area contributed by atoms with Crippen LogP contribution in [0.25, 0.3) is 11.1 Å². The topological polar surface area (TPSA) is 12.0 Å². The first kappa shape index (κ1) is 14.3. The maximum atomic E-state index is 3.63. The third-order valence-electron chi connectivity index (χ3n) is 4.84. The van der Waals surface area contributed by atoms with Crippen molar-refractivity contribution in [2.24, 2.45) is 11.8 Å². The smallest absolute Gasteiger partial charge is 0.0205 e. The van der Waals surface area contributed by atoms with Crippen LogP contribution in [-0.4, -0.2) is 6.54 Å². The number of hydrogen-bond acceptors (Lipinski definition) is 1. The van der Waals surface area contributed by atoms with E-state index in [0.29, 0.717) is 0 Å². The van der Waals surface area contributed by atoms with E-state index < -0.39 is 0 Å². The van der Waals surface area contributed by atoms with Gasteiger partial charge in [0.2, 0.25) is 0 Å². The highest BCUT2D eigenvalue weighted by atomic mass is 14.9. The van der Waals surface area contributed by atoms with Crippen molar-refractivity contribution in [3.05, 3.63) is 60.2 Å². The first-order valence-corrected chi connectivity index (χ1v) is 8.18. The Morgan fingerprint density at radius 3 is 2.29 bits per heavy atom. The molecule has 1 heteroatoms. The van der Waals surface area contributed by atoms with Gasteiger partial charge in [0.05, 0.1) is 0 Å². The number of hydrogen-bond donors (Lipinski definition) is 1. The molecule has 2 atom stereocenters. The Morgan fingerprint density at radius 2 is 1.62 bits per heavy atom. The summed E-state index contributed by atoms with van der Waals surface area (Å²) >= 11 is 0. The van der Waals surface area contributed by atoms with Gasteiger partial charge in [-0.15, -0.1) is 0 Å². The summed E-state index contributed by atoms with van der Waals surface area (Å²) in [5.41, 5.74) is 3.96. The predicted molar refractivity (Wildman–Crippen MR) is 90.1 cm³/mol. The standard InChI is InChI=1S/C20H25N/c1-16-6-5-9-20(16)15-21-14-17-10-12-19(13-11-17)18-7-3-2-4-8-18/h2-4,7-8,10-13,16,20-21H,5-6,9,14-15H2,1H3. The van der Waals surface area contributed by atoms with Crippen LogP contribution in [0.15, 0.2) is 54.6 Å². The molecule has 21 heavy (non-hydrogen) atoms. The van der Waals surface area contributed by atoms with E-state index in [1.54, 1.807) is 0 Å². The quantitative estimate of drug-likeness (QED) is 0.822. The molecule has 0 saturated heterocycles. The fraction of sp³-hybridized carbons (Fsp3) is 0.400. The second-order valence-corrected chi connectivity index (χ2v) is 6.36. The number of benzene rings is 2. The summed E-state index contributed by atoms with van der Waals surface area (Å²) in [5, 5.41) is 3.63. The van der Waals surface area contributed by atoms with Crippen molar-refractivity contribution < 1.29 is 0 Å². The average Bonchev–Trinajstić information content (AvgIpc) is 2.94. The van der Waals surface area contributed by atoms with Gasteiger partial charge in [0.25, 0.3) is 0 Å². The number of rotatable bonds is 5. The fourth-order valence-corrected chi connectivity index (χ4v) is 3.37. The Morgan fingerprint density at radius 1 is 0.905 bits per heavy atom. The van der Waals surface area contributed by atoms with Crippen LogP contribution in [0.5, 0.6) is 0 Å². The molecule has 1 aliphatic carbocycles. The van der Waals surface area contributed by atoms with Gasteiger partial charge in [-0.2, -0.15) is 0 Å². The molecule has 0 heterocycles. The second-order valence-electron chi connectivity index (χ2n) is 6.36. The van der Waals surface area contributed by atoms with E-state index in [1.807, 2.05) is 0 Å². The molecule has 1 fully saturated rings. The van der Waals surface area contributed by atoms with Crippen LogP contribution in [0.4, 0.5) is 0 Å². The molecule has 0 aromatic heterocycles. The lowest BCUT2D eigenvalue weighted by Crippen LogP contribution is -2.23. The molecule has 1 nitrogen and oxygen atoms in total. The summed E-state index contributed by atoms with van der Waals surface area (Å²) in [7, 11) is 0. The highest BCUT2D eigenvalue weighted by molar-refractivity contribution is 5.63. The summed E-state index contributed by atoms with van der Waals surface area (Å²) in [6, 6.07) is 19.5. The van der Waals surface area contributed by atoms with E-state index in [2.05, 4.69) is 66.8 Å². The molecule has 2 aromatic carbocycles. The van der Waals surface area contributed by atoms with Gasteiger partial charge in [0, 0.05) is 6.54 Å². The molecule has 3 rings (SSSR count). The molecular formula is C20H25N. The third-order valence-corrected chi connectivity index (χ3v) is 4.84. The molecular weight excluding hydrogens is 254 g/mol. The van der Waals surface area contributed by atoms with Crippen molar-refractivity contribution in [1.82, 2.24) is 5.32 Å². The molecule has 2 aromatic rings. The first-order valence-electron chi connectivity index (χ1n) is 8.18. The Kier molecular flexibility index (Phi) is 4.72. The van der Waals surface area contributed by atoms with Crippen LogP contribution < -0.4 is 5.32 Å². The van der Waals surface area contributed by atoms with Crippen LogP contribution in [0, 0.1) is 11.8 Å². The third kappa shape index (κ3) is 3.74. The first-order chi connectivity index (χ1) is 10.3. The van der Waals surface area contributed by atoms with Gasteiger partial charge >= 0.3 is 0 Å². The van der Waals surface area contributed by atoms with Crippen LogP contribution >= 0.6 is 0 Å². The Balaban J connectivity index is 1.53. The lowest BCUT2D eigenvalue weighted by atomic mass is 9.98. The summed E-state index contributed by atoms with van der Waals surface area (Å²) in [5.74, 6) is 1.78. The molecule has 0 spiro atoms. The van der Waals surface area contributed by atoms with Gasteiger partial charge in [-0.05, 0) is 41.5 Å². The van der Waals surface area contributed by atoms with Crippen LogP contribution in [0.2, 0.25) is 0 Å². The van der Waals surface area contributed by atoms with Crippen molar-refractivity contribution in [1.29, 1.82) is 0 Å². The largest absolute Gasteiger partial charge is 0.312 e. The second kappa shape index (κ2) is 6.91. The zero-order valence-electron chi connectivity index (χ0n) is 12.9. The lowest BCUT2D eigenvalue weighted by Gasteiger charge is -2.16. The van der Waals surface area contributed by atoms with Crippen molar-refractivity contribution >= 4 is 0 Å². The predicted octanol–water partition coefficient (Wildman–Crippen LogP) is 4.88. The average molecular weight is 279 g/mol. The van der Waals surface area contributed by atoms with E-state index >= 15 is 0 Å². The highest BCUT2D eigenvalue weighted by Crippen LogP contribution is 2.30. The van der Waals surface area contributed by atoms with E-state index in [-0.39, 0.29) is 0 Å². The lowest BCUT2D eigenvalue weighted by molar-refractivity contribution is 0.392. The fourth-order valence-electron chi connectivity index (χ4n) is 3.37. The molecule has 0 radical (unpaired) electrons. The van der Waals surface area contributed by atoms with Gasteiger partial charge in [0.15, 0.2) is 0 Å². The van der Waals surface area contributed by atoms with Gasteiger partial charge in [-0.1, -0.05) is 74.4 Å². The SMILES string of the molecule is CC1CCCC1CNCc1ccc(-c2ccccc2)cc1. The maximum absolute atomic E-state index is 3.63. The summed E-state index contributed by atoms with van der Waals surface area (Å²) in [6.45, 7) is 4.55. The minimum atomic E-state index is 0.883. The van der Waals surface area contributed by atoms with Gasteiger partial charge in [-0.3, -0.25) is 0 Å². The van der Waals surface area contributed by atoms with E-state index in [9.17, 15) is 0 Å². The number of nitrogens with one attached hydrogen (secondary N) is 1. The van der Waals surface area contributed by atoms with Crippen LogP contribution in [-0.2, 0) is 6.54 Å². The normalized spacial score (nSPS) is 21.6. The van der Waals surface area contributed by atoms with E-state index in [0.717, 1.165) is 18.4 Å². The monoisotopic (exact) mass is 279 g/mol. The van der Waals surface area contributed by atoms with Gasteiger partial charge < -0.3 is 5.32 Å². The zero-order valence-corrected chi connectivity index (χ0v) is 12.9. The Hall–Kier alpha value is -1.60. The summed E-state index contributed by atoms with van der Waals surface area (Å²) in [6.07, 6.45) is 4.23. The van der Waals surface area contributed by atoms with E-state index in [1.165, 1.54) is 42.5 Å². The Bertz CT molecular complexity index is 544. The molecule has 0 aliphatic heterocycles. The van der Waals surface area contributed by atoms with Crippen LogP contribution in [0.1, 0.15) is 31.7 Å². The summed E-state index contributed by atoms with van der Waals surface area (Å²) in [4.78, 5) is 0. The van der Waals surface area contributed by atoms with Gasteiger partial charge in [0.1, 0.15) is 0 Å². The summed E-state index contributed by atoms with van der Waals surface area (Å²) < 4.78 is 0. The molecule has 110 valence electrons. The van der Waals surface area contributed by atoms with Crippen molar-refractivity contribution in [3.8, 4) is 11.1 Å². The minimum absolute atomic E-state index is 0.883. The van der Waals surface area contributed by atoms with Crippen molar-refractivity contribution in [2.75, 3.05) is 6.54 Å². The van der Waals surface area contributed by atoms with Gasteiger partial charge in [-0.25, -0.2) is 0 Å². The zero-order chi connectivity index (χ0) is 14.5. The molecule has 1 aliphatic rings.